The summed E-state index contributed by atoms with van der Waals surface area (Å²) in [6, 6.07) is 8.11. The Hall–Kier alpha value is -2.25. The van der Waals surface area contributed by atoms with Crippen molar-refractivity contribution < 1.29 is 14.4 Å². The van der Waals surface area contributed by atoms with Gasteiger partial charge in [0.2, 0.25) is 11.7 Å². The van der Waals surface area contributed by atoms with Crippen LogP contribution in [0.3, 0.4) is 0 Å². The van der Waals surface area contributed by atoms with Gasteiger partial charge in [0, 0.05) is 38.3 Å². The second kappa shape index (κ2) is 7.76. The van der Waals surface area contributed by atoms with E-state index in [-0.39, 0.29) is 12.5 Å². The largest absolute Gasteiger partial charge is 0.481 e. The Balaban J connectivity index is 1.58. The zero-order valence-corrected chi connectivity index (χ0v) is 14.7. The molecule has 1 aliphatic heterocycles. The SMILES string of the molecule is Cc1ccc(-c2noc([C@@H](C)N3CCN(CCC(=O)O)CC3)n2)cc1. The van der Waals surface area contributed by atoms with E-state index in [4.69, 9.17) is 9.63 Å². The highest BCUT2D eigenvalue weighted by molar-refractivity contribution is 5.66. The van der Waals surface area contributed by atoms with E-state index in [1.54, 1.807) is 0 Å². The van der Waals surface area contributed by atoms with Gasteiger partial charge in [-0.3, -0.25) is 9.69 Å². The third-order valence-electron chi connectivity index (χ3n) is 4.71. The number of benzene rings is 1. The number of aliphatic carboxylic acids is 1. The van der Waals surface area contributed by atoms with Crippen LogP contribution in [0.5, 0.6) is 0 Å². The van der Waals surface area contributed by atoms with Gasteiger partial charge in [-0.15, -0.1) is 0 Å². The molecule has 0 spiro atoms. The summed E-state index contributed by atoms with van der Waals surface area (Å²) in [4.78, 5) is 19.7. The third-order valence-corrected chi connectivity index (χ3v) is 4.71. The van der Waals surface area contributed by atoms with E-state index in [9.17, 15) is 4.79 Å². The molecule has 134 valence electrons. The number of carboxylic acid groups (broad SMARTS) is 1. The van der Waals surface area contributed by atoms with Crippen LogP contribution in [0.2, 0.25) is 0 Å². The number of aromatic nitrogens is 2. The van der Waals surface area contributed by atoms with Gasteiger partial charge in [0.15, 0.2) is 0 Å². The Morgan fingerprint density at radius 3 is 2.56 bits per heavy atom. The molecule has 1 aromatic heterocycles. The number of rotatable bonds is 6. The lowest BCUT2D eigenvalue weighted by molar-refractivity contribution is -0.137. The highest BCUT2D eigenvalue weighted by Crippen LogP contribution is 2.23. The van der Waals surface area contributed by atoms with Gasteiger partial charge < -0.3 is 14.5 Å². The lowest BCUT2D eigenvalue weighted by Crippen LogP contribution is -2.47. The number of carboxylic acids is 1. The predicted molar refractivity (Wildman–Crippen MR) is 93.2 cm³/mol. The predicted octanol–water partition coefficient (Wildman–Crippen LogP) is 2.20. The maximum absolute atomic E-state index is 10.7. The van der Waals surface area contributed by atoms with Crippen molar-refractivity contribution in [3.05, 3.63) is 35.7 Å². The molecule has 7 nitrogen and oxygen atoms in total. The van der Waals surface area contributed by atoms with E-state index >= 15 is 0 Å². The van der Waals surface area contributed by atoms with Crippen LogP contribution in [-0.2, 0) is 4.79 Å². The van der Waals surface area contributed by atoms with Crippen molar-refractivity contribution in [2.45, 2.75) is 26.3 Å². The fourth-order valence-electron chi connectivity index (χ4n) is 3.01. The lowest BCUT2D eigenvalue weighted by atomic mass is 10.1. The molecule has 0 bridgehead atoms. The molecule has 0 radical (unpaired) electrons. The first-order valence-corrected chi connectivity index (χ1v) is 8.62. The van der Waals surface area contributed by atoms with Gasteiger partial charge in [-0.1, -0.05) is 35.0 Å². The van der Waals surface area contributed by atoms with Crippen molar-refractivity contribution >= 4 is 5.97 Å². The van der Waals surface area contributed by atoms with Crippen LogP contribution in [-0.4, -0.2) is 63.7 Å². The molecular formula is C18H24N4O3. The average molecular weight is 344 g/mol. The standard InChI is InChI=1S/C18H24N4O3/c1-13-3-5-15(6-4-13)17-19-18(25-20-17)14(2)22-11-9-21(10-12-22)8-7-16(23)24/h3-6,14H,7-12H2,1-2H3,(H,23,24)/t14-/m1/s1. The van der Waals surface area contributed by atoms with Crippen LogP contribution >= 0.6 is 0 Å². The fourth-order valence-corrected chi connectivity index (χ4v) is 3.01. The molecule has 0 amide bonds. The molecule has 1 fully saturated rings. The number of nitrogens with zero attached hydrogens (tertiary/aromatic N) is 4. The van der Waals surface area contributed by atoms with Gasteiger partial charge in [0.05, 0.1) is 12.5 Å². The van der Waals surface area contributed by atoms with Crippen LogP contribution in [0.25, 0.3) is 11.4 Å². The minimum absolute atomic E-state index is 0.0494. The minimum Gasteiger partial charge on any atom is -0.481 e. The van der Waals surface area contributed by atoms with Crippen molar-refractivity contribution in [3.8, 4) is 11.4 Å². The van der Waals surface area contributed by atoms with E-state index in [1.165, 1.54) is 5.56 Å². The van der Waals surface area contributed by atoms with E-state index in [0.717, 1.165) is 31.7 Å². The zero-order chi connectivity index (χ0) is 17.8. The van der Waals surface area contributed by atoms with Gasteiger partial charge in [-0.25, -0.2) is 0 Å². The van der Waals surface area contributed by atoms with Crippen LogP contribution in [0.1, 0.15) is 30.8 Å². The van der Waals surface area contributed by atoms with Crippen LogP contribution in [0, 0.1) is 6.92 Å². The quantitative estimate of drug-likeness (QED) is 0.860. The number of hydrogen-bond donors (Lipinski definition) is 1. The van der Waals surface area contributed by atoms with Crippen molar-refractivity contribution in [2.75, 3.05) is 32.7 Å². The van der Waals surface area contributed by atoms with Crippen molar-refractivity contribution in [2.24, 2.45) is 0 Å². The molecule has 1 aromatic carbocycles. The maximum atomic E-state index is 10.7. The summed E-state index contributed by atoms with van der Waals surface area (Å²) in [6.45, 7) is 8.16. The van der Waals surface area contributed by atoms with Crippen LogP contribution < -0.4 is 0 Å². The molecule has 1 N–H and O–H groups in total. The Morgan fingerprint density at radius 2 is 1.92 bits per heavy atom. The number of hydrogen-bond acceptors (Lipinski definition) is 6. The smallest absolute Gasteiger partial charge is 0.304 e. The van der Waals surface area contributed by atoms with E-state index in [2.05, 4.69) is 26.9 Å². The molecule has 3 rings (SSSR count). The van der Waals surface area contributed by atoms with Gasteiger partial charge in [-0.05, 0) is 13.8 Å². The Bertz CT molecular complexity index is 705. The zero-order valence-electron chi connectivity index (χ0n) is 14.7. The van der Waals surface area contributed by atoms with Crippen molar-refractivity contribution in [3.63, 3.8) is 0 Å². The molecule has 0 unspecified atom stereocenters. The second-order valence-electron chi connectivity index (χ2n) is 6.52. The van der Waals surface area contributed by atoms with Gasteiger partial charge >= 0.3 is 5.97 Å². The lowest BCUT2D eigenvalue weighted by Gasteiger charge is -2.36. The summed E-state index contributed by atoms with van der Waals surface area (Å²) in [7, 11) is 0. The molecule has 1 saturated heterocycles. The first-order chi connectivity index (χ1) is 12.0. The summed E-state index contributed by atoms with van der Waals surface area (Å²) in [5, 5.41) is 12.9. The highest BCUT2D eigenvalue weighted by Gasteiger charge is 2.26. The normalized spacial score (nSPS) is 17.5. The molecule has 25 heavy (non-hydrogen) atoms. The highest BCUT2D eigenvalue weighted by atomic mass is 16.5. The second-order valence-corrected chi connectivity index (χ2v) is 6.52. The number of piperazine rings is 1. The van der Waals surface area contributed by atoms with Gasteiger partial charge in [0.25, 0.3) is 0 Å². The van der Waals surface area contributed by atoms with E-state index < -0.39 is 5.97 Å². The summed E-state index contributed by atoms with van der Waals surface area (Å²) < 4.78 is 5.48. The van der Waals surface area contributed by atoms with E-state index in [0.29, 0.717) is 18.3 Å². The molecular weight excluding hydrogens is 320 g/mol. The summed E-state index contributed by atoms with van der Waals surface area (Å²) in [6.07, 6.45) is 0.194. The molecule has 2 heterocycles. The van der Waals surface area contributed by atoms with Gasteiger partial charge in [0.1, 0.15) is 0 Å². The first kappa shape index (κ1) is 17.6. The van der Waals surface area contributed by atoms with Crippen LogP contribution in [0.15, 0.2) is 28.8 Å². The molecule has 2 aromatic rings. The first-order valence-electron chi connectivity index (χ1n) is 8.62. The topological polar surface area (TPSA) is 82.7 Å². The summed E-state index contributed by atoms with van der Waals surface area (Å²) in [5.41, 5.74) is 2.15. The monoisotopic (exact) mass is 344 g/mol. The Morgan fingerprint density at radius 1 is 1.24 bits per heavy atom. The molecule has 1 atom stereocenters. The molecule has 1 aliphatic rings. The fraction of sp³-hybridized carbons (Fsp3) is 0.500. The summed E-state index contributed by atoms with van der Waals surface area (Å²) in [5.74, 6) is 0.488. The number of carbonyl (C=O) groups is 1. The van der Waals surface area contributed by atoms with Crippen molar-refractivity contribution in [1.82, 2.24) is 19.9 Å². The molecule has 7 heteroatoms. The number of aryl methyl sites for hydroxylation is 1. The average Bonchev–Trinajstić information content (AvgIpc) is 3.10. The van der Waals surface area contributed by atoms with Crippen molar-refractivity contribution in [1.29, 1.82) is 0 Å². The maximum Gasteiger partial charge on any atom is 0.304 e. The Kier molecular flexibility index (Phi) is 5.45. The Labute approximate surface area is 147 Å². The van der Waals surface area contributed by atoms with Crippen LogP contribution in [0.4, 0.5) is 0 Å². The molecule has 0 saturated carbocycles. The molecule has 0 aliphatic carbocycles. The van der Waals surface area contributed by atoms with Gasteiger partial charge in [-0.2, -0.15) is 4.98 Å². The minimum atomic E-state index is -0.745. The third kappa shape index (κ3) is 4.43. The van der Waals surface area contributed by atoms with E-state index in [1.807, 2.05) is 31.2 Å². The summed E-state index contributed by atoms with van der Waals surface area (Å²) >= 11 is 0.